The second kappa shape index (κ2) is 2.50. The fourth-order valence-electron chi connectivity index (χ4n) is 1.93. The second-order valence-corrected chi connectivity index (χ2v) is 3.75. The first-order chi connectivity index (χ1) is 5.29. The Morgan fingerprint density at radius 3 is 2.73 bits per heavy atom. The highest BCUT2D eigenvalue weighted by molar-refractivity contribution is 5.81. The Hall–Kier alpha value is -0.530. The Morgan fingerprint density at radius 1 is 1.45 bits per heavy atom. The van der Waals surface area contributed by atoms with E-state index in [2.05, 4.69) is 18.8 Å². The van der Waals surface area contributed by atoms with Crippen molar-refractivity contribution in [1.29, 1.82) is 0 Å². The first-order valence-electron chi connectivity index (χ1n) is 4.46. The molecule has 1 saturated carbocycles. The molecule has 0 aromatic rings. The Bertz CT molecular complexity index is 188. The van der Waals surface area contributed by atoms with E-state index < -0.39 is 0 Å². The number of rotatable bonds is 1. The summed E-state index contributed by atoms with van der Waals surface area (Å²) in [6.07, 6.45) is 1.28. The third kappa shape index (κ3) is 1.05. The van der Waals surface area contributed by atoms with Crippen molar-refractivity contribution in [3.05, 3.63) is 0 Å². The molecule has 0 amide bonds. The van der Waals surface area contributed by atoms with Crippen LogP contribution in [0.2, 0.25) is 0 Å². The van der Waals surface area contributed by atoms with Crippen LogP contribution in [0.15, 0.2) is 4.99 Å². The minimum absolute atomic E-state index is 0.646. The highest BCUT2D eigenvalue weighted by atomic mass is 16.5. The Balaban J connectivity index is 1.97. The van der Waals surface area contributed by atoms with Gasteiger partial charge in [-0.15, -0.1) is 0 Å². The minimum Gasteiger partial charge on any atom is -0.479 e. The molecule has 0 N–H and O–H groups in total. The summed E-state index contributed by atoms with van der Waals surface area (Å²) in [4.78, 5) is 4.34. The van der Waals surface area contributed by atoms with Crippen LogP contribution in [0.5, 0.6) is 0 Å². The average molecular weight is 153 g/mol. The van der Waals surface area contributed by atoms with Crippen molar-refractivity contribution in [1.82, 2.24) is 0 Å². The first kappa shape index (κ1) is 7.14. The van der Waals surface area contributed by atoms with Crippen LogP contribution in [0.25, 0.3) is 0 Å². The van der Waals surface area contributed by atoms with Gasteiger partial charge in [0.15, 0.2) is 5.90 Å². The van der Waals surface area contributed by atoms with Gasteiger partial charge in [-0.3, -0.25) is 4.99 Å². The van der Waals surface area contributed by atoms with Gasteiger partial charge in [-0.05, 0) is 18.3 Å². The lowest BCUT2D eigenvalue weighted by atomic mass is 9.66. The van der Waals surface area contributed by atoms with Crippen LogP contribution in [-0.4, -0.2) is 19.0 Å². The highest BCUT2D eigenvalue weighted by Crippen LogP contribution is 2.41. The quantitative estimate of drug-likeness (QED) is 0.562. The SMILES string of the molecule is CC1CC(C2=NCCO2)C1C. The summed E-state index contributed by atoms with van der Waals surface area (Å²) in [7, 11) is 0. The minimum atomic E-state index is 0.646. The molecule has 2 heteroatoms. The summed E-state index contributed by atoms with van der Waals surface area (Å²) >= 11 is 0. The Morgan fingerprint density at radius 2 is 2.27 bits per heavy atom. The Kier molecular flexibility index (Phi) is 1.63. The van der Waals surface area contributed by atoms with Gasteiger partial charge in [-0.2, -0.15) is 0 Å². The summed E-state index contributed by atoms with van der Waals surface area (Å²) in [5.41, 5.74) is 0. The number of hydrogen-bond donors (Lipinski definition) is 0. The highest BCUT2D eigenvalue weighted by Gasteiger charge is 2.39. The van der Waals surface area contributed by atoms with Gasteiger partial charge in [0.1, 0.15) is 6.61 Å². The first-order valence-corrected chi connectivity index (χ1v) is 4.46. The lowest BCUT2D eigenvalue weighted by molar-refractivity contribution is 0.135. The number of hydrogen-bond acceptors (Lipinski definition) is 2. The molecule has 1 heterocycles. The summed E-state index contributed by atoms with van der Waals surface area (Å²) < 4.78 is 5.43. The molecule has 0 aromatic carbocycles. The van der Waals surface area contributed by atoms with Crippen molar-refractivity contribution in [2.24, 2.45) is 22.7 Å². The van der Waals surface area contributed by atoms with Crippen LogP contribution in [0.4, 0.5) is 0 Å². The molecule has 2 nitrogen and oxygen atoms in total. The van der Waals surface area contributed by atoms with E-state index in [0.29, 0.717) is 5.92 Å². The van der Waals surface area contributed by atoms with E-state index in [1.54, 1.807) is 0 Å². The third-order valence-corrected chi connectivity index (χ3v) is 3.08. The molecular weight excluding hydrogens is 138 g/mol. The predicted octanol–water partition coefficient (Wildman–Crippen LogP) is 1.71. The molecule has 1 aliphatic heterocycles. The molecule has 0 aromatic heterocycles. The van der Waals surface area contributed by atoms with Crippen LogP contribution in [0.1, 0.15) is 20.3 Å². The summed E-state index contributed by atoms with van der Waals surface area (Å²) in [5, 5.41) is 0. The largest absolute Gasteiger partial charge is 0.479 e. The average Bonchev–Trinajstić information content (AvgIpc) is 2.51. The van der Waals surface area contributed by atoms with Crippen molar-refractivity contribution >= 4 is 5.90 Å². The van der Waals surface area contributed by atoms with Crippen LogP contribution in [0, 0.1) is 17.8 Å². The molecular formula is C9H15NO. The lowest BCUT2D eigenvalue weighted by Gasteiger charge is -2.39. The van der Waals surface area contributed by atoms with E-state index in [1.807, 2.05) is 0 Å². The predicted molar refractivity (Wildman–Crippen MR) is 44.7 cm³/mol. The van der Waals surface area contributed by atoms with Crippen molar-refractivity contribution in [3.8, 4) is 0 Å². The summed E-state index contributed by atoms with van der Waals surface area (Å²) in [5.74, 6) is 3.34. The number of nitrogens with zero attached hydrogens (tertiary/aromatic N) is 1. The van der Waals surface area contributed by atoms with Gasteiger partial charge in [-0.25, -0.2) is 0 Å². The van der Waals surface area contributed by atoms with Crippen molar-refractivity contribution < 1.29 is 4.74 Å². The zero-order chi connectivity index (χ0) is 7.84. The van der Waals surface area contributed by atoms with E-state index in [9.17, 15) is 0 Å². The van der Waals surface area contributed by atoms with E-state index in [1.165, 1.54) is 6.42 Å². The zero-order valence-corrected chi connectivity index (χ0v) is 7.21. The lowest BCUT2D eigenvalue weighted by Crippen LogP contribution is -2.38. The smallest absolute Gasteiger partial charge is 0.186 e. The number of ether oxygens (including phenoxy) is 1. The monoisotopic (exact) mass is 153 g/mol. The van der Waals surface area contributed by atoms with Gasteiger partial charge in [0.05, 0.1) is 6.54 Å². The van der Waals surface area contributed by atoms with Crippen molar-refractivity contribution in [3.63, 3.8) is 0 Å². The van der Waals surface area contributed by atoms with E-state index in [-0.39, 0.29) is 0 Å². The molecule has 1 fully saturated rings. The molecule has 3 atom stereocenters. The number of aliphatic imine (C=N–C) groups is 1. The molecule has 2 aliphatic rings. The Labute approximate surface area is 67.7 Å². The van der Waals surface area contributed by atoms with Gasteiger partial charge in [0.2, 0.25) is 0 Å². The second-order valence-electron chi connectivity index (χ2n) is 3.75. The van der Waals surface area contributed by atoms with Gasteiger partial charge in [0, 0.05) is 5.92 Å². The zero-order valence-electron chi connectivity index (χ0n) is 7.21. The normalized spacial score (nSPS) is 42.7. The molecule has 0 spiro atoms. The van der Waals surface area contributed by atoms with Gasteiger partial charge < -0.3 is 4.74 Å². The van der Waals surface area contributed by atoms with Gasteiger partial charge in [-0.1, -0.05) is 13.8 Å². The topological polar surface area (TPSA) is 21.6 Å². The maximum Gasteiger partial charge on any atom is 0.186 e. The van der Waals surface area contributed by atoms with Crippen LogP contribution >= 0.6 is 0 Å². The molecule has 0 saturated heterocycles. The van der Waals surface area contributed by atoms with Gasteiger partial charge >= 0.3 is 0 Å². The maximum atomic E-state index is 5.43. The van der Waals surface area contributed by atoms with Crippen LogP contribution in [-0.2, 0) is 4.74 Å². The fraction of sp³-hybridized carbons (Fsp3) is 0.889. The van der Waals surface area contributed by atoms with Crippen molar-refractivity contribution in [2.45, 2.75) is 20.3 Å². The van der Waals surface area contributed by atoms with Crippen LogP contribution in [0.3, 0.4) is 0 Å². The van der Waals surface area contributed by atoms with Gasteiger partial charge in [0.25, 0.3) is 0 Å². The van der Waals surface area contributed by atoms with E-state index >= 15 is 0 Å². The van der Waals surface area contributed by atoms with Crippen molar-refractivity contribution in [2.75, 3.05) is 13.2 Å². The molecule has 2 rings (SSSR count). The molecule has 0 radical (unpaired) electrons. The third-order valence-electron chi connectivity index (χ3n) is 3.08. The summed E-state index contributed by atoms with van der Waals surface area (Å²) in [6, 6.07) is 0. The molecule has 1 aliphatic carbocycles. The molecule has 0 bridgehead atoms. The van der Waals surface area contributed by atoms with E-state index in [4.69, 9.17) is 4.74 Å². The fourth-order valence-corrected chi connectivity index (χ4v) is 1.93. The van der Waals surface area contributed by atoms with E-state index in [0.717, 1.165) is 30.9 Å². The molecule has 3 unspecified atom stereocenters. The van der Waals surface area contributed by atoms with Crippen LogP contribution < -0.4 is 0 Å². The summed E-state index contributed by atoms with van der Waals surface area (Å²) in [6.45, 7) is 6.29. The molecule has 11 heavy (non-hydrogen) atoms. The molecule has 62 valence electrons. The maximum absolute atomic E-state index is 5.43. The standard InChI is InChI=1S/C9H15NO/c1-6-5-8(7(6)2)9-10-3-4-11-9/h6-8H,3-5H2,1-2H3.